The van der Waals surface area contributed by atoms with Crippen molar-refractivity contribution in [1.82, 2.24) is 0 Å². The second kappa shape index (κ2) is 9.94. The molecule has 0 amide bonds. The van der Waals surface area contributed by atoms with E-state index >= 15 is 0 Å². The second-order valence-corrected chi connectivity index (χ2v) is 8.82. The largest absolute Gasteiger partial charge is 0.192 e. The highest BCUT2D eigenvalue weighted by atomic mass is 79.9. The Kier molecular flexibility index (Phi) is 7.34. The van der Waals surface area contributed by atoms with Gasteiger partial charge in [-0.3, -0.25) is 0 Å². The molecule has 3 aromatic rings. The van der Waals surface area contributed by atoms with E-state index in [4.69, 9.17) is 5.26 Å². The SMILES string of the molecule is N#Cc1ccc(CSCC=C(c2ccc(Br)cc2)c2ccc(Br)cc2)cc1. The number of benzene rings is 3. The lowest BCUT2D eigenvalue weighted by atomic mass is 9.98. The summed E-state index contributed by atoms with van der Waals surface area (Å²) in [6.45, 7) is 0. The summed E-state index contributed by atoms with van der Waals surface area (Å²) >= 11 is 8.89. The Balaban J connectivity index is 1.74. The van der Waals surface area contributed by atoms with Crippen molar-refractivity contribution in [1.29, 1.82) is 5.26 Å². The van der Waals surface area contributed by atoms with E-state index in [9.17, 15) is 0 Å². The smallest absolute Gasteiger partial charge is 0.0991 e. The molecule has 0 saturated heterocycles. The molecule has 0 aliphatic rings. The van der Waals surface area contributed by atoms with Crippen LogP contribution >= 0.6 is 43.6 Å². The minimum atomic E-state index is 0.705. The van der Waals surface area contributed by atoms with Gasteiger partial charge in [0.2, 0.25) is 0 Å². The van der Waals surface area contributed by atoms with E-state index in [-0.39, 0.29) is 0 Å². The van der Waals surface area contributed by atoms with Crippen LogP contribution < -0.4 is 0 Å². The van der Waals surface area contributed by atoms with Crippen LogP contribution in [0, 0.1) is 11.3 Å². The summed E-state index contributed by atoms with van der Waals surface area (Å²) in [7, 11) is 0. The molecular weight excluding hydrogens is 482 g/mol. The van der Waals surface area contributed by atoms with Crippen LogP contribution in [-0.4, -0.2) is 5.75 Å². The number of halogens is 2. The highest BCUT2D eigenvalue weighted by molar-refractivity contribution is 9.10. The van der Waals surface area contributed by atoms with Gasteiger partial charge in [0.05, 0.1) is 11.6 Å². The molecule has 0 atom stereocenters. The van der Waals surface area contributed by atoms with E-state index in [1.807, 2.05) is 36.0 Å². The number of thioether (sulfide) groups is 1. The van der Waals surface area contributed by atoms with E-state index in [1.54, 1.807) is 0 Å². The molecule has 0 radical (unpaired) electrons. The van der Waals surface area contributed by atoms with Gasteiger partial charge in [-0.25, -0.2) is 0 Å². The van der Waals surface area contributed by atoms with Gasteiger partial charge < -0.3 is 0 Å². The third-order valence-corrected chi connectivity index (χ3v) is 6.06. The van der Waals surface area contributed by atoms with E-state index in [0.717, 1.165) is 20.5 Å². The molecule has 0 N–H and O–H groups in total. The number of hydrogen-bond donors (Lipinski definition) is 0. The molecule has 0 fully saturated rings. The first-order valence-electron chi connectivity index (χ1n) is 8.44. The average Bonchev–Trinajstić information content (AvgIpc) is 2.70. The fourth-order valence-electron chi connectivity index (χ4n) is 2.66. The number of nitriles is 1. The first-order chi connectivity index (χ1) is 13.2. The van der Waals surface area contributed by atoms with Gasteiger partial charge in [-0.2, -0.15) is 17.0 Å². The summed E-state index contributed by atoms with van der Waals surface area (Å²) < 4.78 is 2.16. The van der Waals surface area contributed by atoms with Crippen LogP contribution in [0.5, 0.6) is 0 Å². The summed E-state index contributed by atoms with van der Waals surface area (Å²) in [5.41, 5.74) is 5.60. The molecule has 0 heterocycles. The van der Waals surface area contributed by atoms with Crippen LogP contribution in [0.1, 0.15) is 22.3 Å². The van der Waals surface area contributed by atoms with Gasteiger partial charge in [-0.1, -0.05) is 74.3 Å². The van der Waals surface area contributed by atoms with E-state index in [1.165, 1.54) is 22.3 Å². The zero-order valence-corrected chi connectivity index (χ0v) is 18.5. The zero-order chi connectivity index (χ0) is 19.1. The lowest BCUT2D eigenvalue weighted by Crippen LogP contribution is -1.90. The summed E-state index contributed by atoms with van der Waals surface area (Å²) in [6.07, 6.45) is 2.29. The van der Waals surface area contributed by atoms with Crippen LogP contribution in [0.3, 0.4) is 0 Å². The van der Waals surface area contributed by atoms with Crippen molar-refractivity contribution in [3.63, 3.8) is 0 Å². The van der Waals surface area contributed by atoms with Gasteiger partial charge in [0.25, 0.3) is 0 Å². The number of nitrogens with zero attached hydrogens (tertiary/aromatic N) is 1. The van der Waals surface area contributed by atoms with Crippen molar-refractivity contribution in [3.8, 4) is 6.07 Å². The highest BCUT2D eigenvalue weighted by Gasteiger charge is 2.05. The van der Waals surface area contributed by atoms with Gasteiger partial charge in [0.15, 0.2) is 0 Å². The van der Waals surface area contributed by atoms with Gasteiger partial charge in [0.1, 0.15) is 0 Å². The third-order valence-electron chi connectivity index (χ3n) is 4.07. The van der Waals surface area contributed by atoms with Crippen LogP contribution in [0.2, 0.25) is 0 Å². The maximum atomic E-state index is 8.89. The Morgan fingerprint density at radius 2 is 1.33 bits per heavy atom. The van der Waals surface area contributed by atoms with Gasteiger partial charge in [-0.15, -0.1) is 0 Å². The van der Waals surface area contributed by atoms with Gasteiger partial charge in [0, 0.05) is 20.5 Å². The van der Waals surface area contributed by atoms with Crippen molar-refractivity contribution < 1.29 is 0 Å². The molecular formula is C23H17Br2NS. The van der Waals surface area contributed by atoms with Crippen molar-refractivity contribution in [2.24, 2.45) is 0 Å². The molecule has 0 bridgehead atoms. The Hall–Kier alpha value is -1.80. The standard InChI is InChI=1S/C23H17Br2NS/c24-21-9-5-19(6-10-21)23(20-7-11-22(25)12-8-20)13-14-27-16-18-3-1-17(15-26)2-4-18/h1-13H,14,16H2. The Morgan fingerprint density at radius 3 is 1.81 bits per heavy atom. The van der Waals surface area contributed by atoms with Crippen LogP contribution in [0.4, 0.5) is 0 Å². The topological polar surface area (TPSA) is 23.8 Å². The predicted octanol–water partition coefficient (Wildman–Crippen LogP) is 7.45. The molecule has 4 heteroatoms. The quantitative estimate of drug-likeness (QED) is 0.329. The molecule has 27 heavy (non-hydrogen) atoms. The molecule has 0 aromatic heterocycles. The van der Waals surface area contributed by atoms with Gasteiger partial charge >= 0.3 is 0 Å². The Bertz CT molecular complexity index is 906. The lowest BCUT2D eigenvalue weighted by Gasteiger charge is -2.10. The average molecular weight is 499 g/mol. The molecule has 0 aliphatic carbocycles. The highest BCUT2D eigenvalue weighted by Crippen LogP contribution is 2.27. The molecule has 1 nitrogen and oxygen atoms in total. The van der Waals surface area contributed by atoms with E-state index in [2.05, 4.69) is 92.5 Å². The fraction of sp³-hybridized carbons (Fsp3) is 0.0870. The van der Waals surface area contributed by atoms with E-state index in [0.29, 0.717) is 5.56 Å². The van der Waals surface area contributed by atoms with Crippen molar-refractivity contribution in [3.05, 3.63) is 110 Å². The molecule has 0 aliphatic heterocycles. The molecule has 3 aromatic carbocycles. The third kappa shape index (κ3) is 5.84. The van der Waals surface area contributed by atoms with E-state index < -0.39 is 0 Å². The van der Waals surface area contributed by atoms with Crippen LogP contribution in [-0.2, 0) is 5.75 Å². The molecule has 0 unspecified atom stereocenters. The molecule has 134 valence electrons. The Morgan fingerprint density at radius 1 is 0.815 bits per heavy atom. The maximum Gasteiger partial charge on any atom is 0.0991 e. The maximum absolute atomic E-state index is 8.89. The minimum absolute atomic E-state index is 0.705. The van der Waals surface area contributed by atoms with Crippen LogP contribution in [0.25, 0.3) is 5.57 Å². The van der Waals surface area contributed by atoms with Crippen molar-refractivity contribution >= 4 is 49.2 Å². The Labute approximate surface area is 181 Å². The van der Waals surface area contributed by atoms with Crippen LogP contribution in [0.15, 0.2) is 87.8 Å². The minimum Gasteiger partial charge on any atom is -0.192 e. The predicted molar refractivity (Wildman–Crippen MR) is 123 cm³/mol. The van der Waals surface area contributed by atoms with Crippen molar-refractivity contribution in [2.75, 3.05) is 5.75 Å². The molecule has 3 rings (SSSR count). The first kappa shape index (κ1) is 19.9. The summed E-state index contributed by atoms with van der Waals surface area (Å²) in [6, 6.07) is 26.8. The summed E-state index contributed by atoms with van der Waals surface area (Å²) in [5.74, 6) is 1.84. The summed E-state index contributed by atoms with van der Waals surface area (Å²) in [5, 5.41) is 8.89. The summed E-state index contributed by atoms with van der Waals surface area (Å²) in [4.78, 5) is 0. The number of hydrogen-bond acceptors (Lipinski definition) is 2. The number of rotatable bonds is 6. The van der Waals surface area contributed by atoms with Gasteiger partial charge in [-0.05, 0) is 58.7 Å². The second-order valence-electron chi connectivity index (χ2n) is 5.96. The normalized spacial score (nSPS) is 10.3. The van der Waals surface area contributed by atoms with Crippen molar-refractivity contribution in [2.45, 2.75) is 5.75 Å². The first-order valence-corrected chi connectivity index (χ1v) is 11.2. The molecule has 0 spiro atoms. The lowest BCUT2D eigenvalue weighted by molar-refractivity contribution is 1.39. The monoisotopic (exact) mass is 497 g/mol. The molecule has 0 saturated carbocycles. The zero-order valence-electron chi connectivity index (χ0n) is 14.5. The fourth-order valence-corrected chi connectivity index (χ4v) is 4.01.